The molecule has 0 spiro atoms. The summed E-state index contributed by atoms with van der Waals surface area (Å²) in [6.07, 6.45) is 13.2. The molecule has 0 radical (unpaired) electrons. The molecule has 1 fully saturated rings. The molecule has 2 atom stereocenters. The number of unbranched alkanes of at least 4 members (excludes halogenated alkanes) is 1. The first-order valence-corrected chi connectivity index (χ1v) is 5.75. The van der Waals surface area contributed by atoms with Crippen LogP contribution in [0.25, 0.3) is 0 Å². The highest BCUT2D eigenvalue weighted by atomic mass is 16.5. The van der Waals surface area contributed by atoms with E-state index < -0.39 is 0 Å². The van der Waals surface area contributed by atoms with Gasteiger partial charge in [-0.2, -0.15) is 0 Å². The van der Waals surface area contributed by atoms with Crippen LogP contribution in [0.2, 0.25) is 0 Å². The highest BCUT2D eigenvalue weighted by Crippen LogP contribution is 2.45. The Morgan fingerprint density at radius 2 is 2.50 bits per heavy atom. The third kappa shape index (κ3) is 1.54. The van der Waals surface area contributed by atoms with Crippen molar-refractivity contribution in [2.75, 3.05) is 7.11 Å². The normalized spacial score (nSPS) is 38.1. The predicted octanol–water partition coefficient (Wildman–Crippen LogP) is 3.47. The van der Waals surface area contributed by atoms with Crippen molar-refractivity contribution in [1.82, 2.24) is 0 Å². The van der Waals surface area contributed by atoms with Crippen LogP contribution in [0.4, 0.5) is 0 Å². The minimum absolute atomic E-state index is 0.0239. The van der Waals surface area contributed by atoms with Gasteiger partial charge in [-0.15, -0.1) is 0 Å². The Bertz CT molecular complexity index is 264. The first-order valence-electron chi connectivity index (χ1n) is 5.75. The summed E-state index contributed by atoms with van der Waals surface area (Å²) in [5.74, 6) is 0.787. The minimum Gasteiger partial charge on any atom is -0.370 e. The molecule has 2 unspecified atom stereocenters. The molecule has 0 aliphatic heterocycles. The number of ether oxygens (including phenoxy) is 1. The molecule has 3 aliphatic carbocycles. The van der Waals surface area contributed by atoms with Crippen LogP contribution >= 0.6 is 0 Å². The monoisotopic (exact) mass is 192 g/mol. The molecule has 0 aromatic heterocycles. The second kappa shape index (κ2) is 3.90. The standard InChI is InChI=1S/C13H20O/c1-3-4-5-12-10-11-6-8-13(12,14-2)9-7-11/h5-6,8,11H,3-4,7,9-10H2,1-2H3/b12-5-. The number of hydrogen-bond donors (Lipinski definition) is 0. The topological polar surface area (TPSA) is 9.23 Å². The highest BCUT2D eigenvalue weighted by molar-refractivity contribution is 5.33. The summed E-state index contributed by atoms with van der Waals surface area (Å²) in [5.41, 5.74) is 1.50. The van der Waals surface area contributed by atoms with Gasteiger partial charge in [-0.1, -0.05) is 31.6 Å². The molecule has 0 aromatic rings. The number of allylic oxidation sites excluding steroid dienone is 2. The molecule has 1 nitrogen and oxygen atoms in total. The van der Waals surface area contributed by atoms with Gasteiger partial charge in [-0.25, -0.2) is 0 Å². The molecule has 14 heavy (non-hydrogen) atoms. The predicted molar refractivity (Wildman–Crippen MR) is 59.2 cm³/mol. The molecule has 2 bridgehead atoms. The maximum absolute atomic E-state index is 5.72. The van der Waals surface area contributed by atoms with Crippen molar-refractivity contribution in [2.45, 2.75) is 44.6 Å². The third-order valence-electron chi connectivity index (χ3n) is 3.59. The Balaban J connectivity index is 2.22. The van der Waals surface area contributed by atoms with Gasteiger partial charge in [0.25, 0.3) is 0 Å². The third-order valence-corrected chi connectivity index (χ3v) is 3.59. The first kappa shape index (κ1) is 9.97. The lowest BCUT2D eigenvalue weighted by atomic mass is 9.69. The lowest BCUT2D eigenvalue weighted by Crippen LogP contribution is -2.40. The second-order valence-corrected chi connectivity index (χ2v) is 4.47. The van der Waals surface area contributed by atoms with Crippen LogP contribution in [0.3, 0.4) is 0 Å². The lowest BCUT2D eigenvalue weighted by molar-refractivity contribution is 0.0278. The quantitative estimate of drug-likeness (QED) is 0.622. The molecule has 3 rings (SSSR count). The Morgan fingerprint density at radius 1 is 1.64 bits per heavy atom. The first-order chi connectivity index (χ1) is 6.80. The smallest absolute Gasteiger partial charge is 0.107 e. The van der Waals surface area contributed by atoms with Gasteiger partial charge >= 0.3 is 0 Å². The zero-order chi connectivity index (χ0) is 10.0. The lowest BCUT2D eigenvalue weighted by Gasteiger charge is -2.43. The molecule has 0 saturated heterocycles. The van der Waals surface area contributed by atoms with Gasteiger partial charge < -0.3 is 4.74 Å². The number of hydrogen-bond acceptors (Lipinski definition) is 1. The van der Waals surface area contributed by atoms with E-state index in [1.165, 1.54) is 37.7 Å². The van der Waals surface area contributed by atoms with Crippen LogP contribution in [0, 0.1) is 5.92 Å². The summed E-state index contributed by atoms with van der Waals surface area (Å²) in [7, 11) is 1.84. The van der Waals surface area contributed by atoms with Crippen molar-refractivity contribution in [3.05, 3.63) is 23.8 Å². The average Bonchev–Trinajstić information content (AvgIpc) is 2.28. The molecular formula is C13H20O. The van der Waals surface area contributed by atoms with E-state index in [2.05, 4.69) is 25.2 Å². The second-order valence-electron chi connectivity index (χ2n) is 4.47. The molecule has 78 valence electrons. The van der Waals surface area contributed by atoms with E-state index in [0.717, 1.165) is 5.92 Å². The van der Waals surface area contributed by atoms with Crippen molar-refractivity contribution in [3.63, 3.8) is 0 Å². The fourth-order valence-corrected chi connectivity index (χ4v) is 2.64. The maximum Gasteiger partial charge on any atom is 0.107 e. The minimum atomic E-state index is -0.0239. The summed E-state index contributed by atoms with van der Waals surface area (Å²) < 4.78 is 5.72. The van der Waals surface area contributed by atoms with E-state index >= 15 is 0 Å². The molecule has 0 N–H and O–H groups in total. The van der Waals surface area contributed by atoms with Crippen molar-refractivity contribution in [1.29, 1.82) is 0 Å². The van der Waals surface area contributed by atoms with Crippen molar-refractivity contribution < 1.29 is 4.74 Å². The van der Waals surface area contributed by atoms with Crippen molar-refractivity contribution >= 4 is 0 Å². The van der Waals surface area contributed by atoms with Crippen molar-refractivity contribution in [3.8, 4) is 0 Å². The Morgan fingerprint density at radius 3 is 3.07 bits per heavy atom. The summed E-state index contributed by atoms with van der Waals surface area (Å²) in [6, 6.07) is 0. The number of rotatable bonds is 3. The summed E-state index contributed by atoms with van der Waals surface area (Å²) in [4.78, 5) is 0. The maximum atomic E-state index is 5.72. The fourth-order valence-electron chi connectivity index (χ4n) is 2.64. The van der Waals surface area contributed by atoms with Gasteiger partial charge in [0.15, 0.2) is 0 Å². The Labute approximate surface area is 86.8 Å². The number of fused-ring (bicyclic) bond motifs is 2. The van der Waals surface area contributed by atoms with E-state index in [1.807, 2.05) is 7.11 Å². The van der Waals surface area contributed by atoms with Gasteiger partial charge in [0.05, 0.1) is 0 Å². The molecule has 0 heterocycles. The molecule has 0 aromatic carbocycles. The van der Waals surface area contributed by atoms with Gasteiger partial charge in [0, 0.05) is 7.11 Å². The van der Waals surface area contributed by atoms with Crippen LogP contribution in [-0.2, 0) is 4.74 Å². The summed E-state index contributed by atoms with van der Waals surface area (Å²) in [6.45, 7) is 2.23. The largest absolute Gasteiger partial charge is 0.370 e. The van der Waals surface area contributed by atoms with Crippen LogP contribution in [-0.4, -0.2) is 12.7 Å². The zero-order valence-corrected chi connectivity index (χ0v) is 9.25. The van der Waals surface area contributed by atoms with E-state index in [4.69, 9.17) is 4.74 Å². The fraction of sp³-hybridized carbons (Fsp3) is 0.692. The molecular weight excluding hydrogens is 172 g/mol. The van der Waals surface area contributed by atoms with E-state index in [-0.39, 0.29) is 5.60 Å². The van der Waals surface area contributed by atoms with Crippen LogP contribution < -0.4 is 0 Å². The van der Waals surface area contributed by atoms with E-state index in [9.17, 15) is 0 Å². The van der Waals surface area contributed by atoms with Crippen LogP contribution in [0.15, 0.2) is 23.8 Å². The molecule has 1 saturated carbocycles. The van der Waals surface area contributed by atoms with E-state index in [0.29, 0.717) is 0 Å². The molecule has 1 heteroatoms. The summed E-state index contributed by atoms with van der Waals surface area (Å²) in [5, 5.41) is 0. The van der Waals surface area contributed by atoms with Crippen LogP contribution in [0.5, 0.6) is 0 Å². The molecule has 0 amide bonds. The zero-order valence-electron chi connectivity index (χ0n) is 9.25. The van der Waals surface area contributed by atoms with E-state index in [1.54, 1.807) is 0 Å². The Hall–Kier alpha value is -0.560. The Kier molecular flexibility index (Phi) is 2.78. The van der Waals surface area contributed by atoms with Gasteiger partial charge in [-0.05, 0) is 37.2 Å². The van der Waals surface area contributed by atoms with Gasteiger partial charge in [0.1, 0.15) is 5.60 Å². The highest BCUT2D eigenvalue weighted by Gasteiger charge is 2.40. The average molecular weight is 192 g/mol. The van der Waals surface area contributed by atoms with Crippen LogP contribution in [0.1, 0.15) is 39.0 Å². The van der Waals surface area contributed by atoms with Crippen molar-refractivity contribution in [2.24, 2.45) is 5.92 Å². The number of methoxy groups -OCH3 is 1. The molecule has 3 aliphatic rings. The summed E-state index contributed by atoms with van der Waals surface area (Å²) >= 11 is 0. The van der Waals surface area contributed by atoms with Gasteiger partial charge in [-0.3, -0.25) is 0 Å². The SMILES string of the molecule is CCC/C=C1/CC2C=CC1(OC)CC2. The van der Waals surface area contributed by atoms with Gasteiger partial charge in [0.2, 0.25) is 0 Å².